The van der Waals surface area contributed by atoms with Gasteiger partial charge in [-0.2, -0.15) is 5.21 Å². The van der Waals surface area contributed by atoms with E-state index in [1.807, 2.05) is 73.7 Å². The number of tetrazole rings is 1. The van der Waals surface area contributed by atoms with Gasteiger partial charge in [-0.05, 0) is 71.1 Å². The monoisotopic (exact) mass is 534 g/mol. The van der Waals surface area contributed by atoms with Gasteiger partial charge in [0.2, 0.25) is 5.82 Å². The molecule has 5 aromatic rings. The maximum absolute atomic E-state index is 13.0. The number of aromatic nitrogens is 6. The maximum Gasteiger partial charge on any atom is 0.293 e. The van der Waals surface area contributed by atoms with Crippen LogP contribution >= 0.6 is 0 Å². The highest BCUT2D eigenvalue weighted by molar-refractivity contribution is 6.05. The van der Waals surface area contributed by atoms with Gasteiger partial charge >= 0.3 is 0 Å². The van der Waals surface area contributed by atoms with Gasteiger partial charge in [-0.1, -0.05) is 45.0 Å². The number of carbonyl (C=O) groups is 1. The summed E-state index contributed by atoms with van der Waals surface area (Å²) >= 11 is 0. The molecule has 0 saturated heterocycles. The number of hydrogen-bond donors (Lipinski definition) is 3. The van der Waals surface area contributed by atoms with Crippen LogP contribution in [0.15, 0.2) is 77.7 Å². The van der Waals surface area contributed by atoms with Crippen LogP contribution in [0.2, 0.25) is 0 Å². The lowest BCUT2D eigenvalue weighted by molar-refractivity contribution is 0.102. The molecule has 10 nitrogen and oxygen atoms in total. The smallest absolute Gasteiger partial charge is 0.293 e. The molecule has 0 aliphatic carbocycles. The van der Waals surface area contributed by atoms with Crippen molar-refractivity contribution in [1.82, 2.24) is 30.2 Å². The minimum Gasteiger partial charge on any atom is -0.336 e. The SMILES string of the molecule is Cc1c(NC(=O)c2ccc(C(C)(C)C)cc2)cccc1-c1cn(C)c(=O)c(Nc2ccc(-c3nn[nH]n3)cc2)n1. The van der Waals surface area contributed by atoms with Crippen molar-refractivity contribution in [3.05, 3.63) is 100.0 Å². The van der Waals surface area contributed by atoms with Crippen molar-refractivity contribution < 1.29 is 4.79 Å². The van der Waals surface area contributed by atoms with Crippen LogP contribution in [-0.2, 0) is 12.5 Å². The van der Waals surface area contributed by atoms with Gasteiger partial charge in [0.15, 0.2) is 5.82 Å². The quantitative estimate of drug-likeness (QED) is 0.272. The number of benzene rings is 3. The van der Waals surface area contributed by atoms with Crippen LogP contribution in [0.25, 0.3) is 22.6 Å². The first-order valence-electron chi connectivity index (χ1n) is 12.8. The second kappa shape index (κ2) is 10.6. The number of hydrogen-bond acceptors (Lipinski definition) is 7. The molecule has 0 spiro atoms. The topological polar surface area (TPSA) is 130 Å². The molecule has 1 amide bonds. The van der Waals surface area contributed by atoms with E-state index in [0.717, 1.165) is 22.3 Å². The average molecular weight is 535 g/mol. The van der Waals surface area contributed by atoms with E-state index in [2.05, 4.69) is 57.0 Å². The Labute approximate surface area is 231 Å². The number of rotatable bonds is 6. The molecule has 0 unspecified atom stereocenters. The lowest BCUT2D eigenvalue weighted by Gasteiger charge is -2.19. The Morgan fingerprint density at radius 3 is 2.35 bits per heavy atom. The lowest BCUT2D eigenvalue weighted by atomic mass is 9.86. The average Bonchev–Trinajstić information content (AvgIpc) is 3.47. The number of anilines is 3. The van der Waals surface area contributed by atoms with E-state index in [1.54, 1.807) is 13.2 Å². The van der Waals surface area contributed by atoms with E-state index in [4.69, 9.17) is 0 Å². The summed E-state index contributed by atoms with van der Waals surface area (Å²) in [7, 11) is 1.68. The number of aryl methyl sites for hydroxylation is 1. The second-order valence-electron chi connectivity index (χ2n) is 10.6. The van der Waals surface area contributed by atoms with Crippen molar-refractivity contribution in [2.75, 3.05) is 10.6 Å². The third-order valence-electron chi connectivity index (χ3n) is 6.69. The molecule has 0 fully saturated rings. The van der Waals surface area contributed by atoms with Gasteiger partial charge in [-0.3, -0.25) is 9.59 Å². The summed E-state index contributed by atoms with van der Waals surface area (Å²) in [6, 6.07) is 20.6. The first kappa shape index (κ1) is 26.5. The predicted molar refractivity (Wildman–Crippen MR) is 156 cm³/mol. The Balaban J connectivity index is 1.40. The Kier molecular flexibility index (Phi) is 7.00. The molecule has 202 valence electrons. The highest BCUT2D eigenvalue weighted by Gasteiger charge is 2.17. The second-order valence-corrected chi connectivity index (χ2v) is 10.6. The number of nitrogens with one attached hydrogen (secondary N) is 3. The zero-order valence-corrected chi connectivity index (χ0v) is 23.0. The molecule has 2 heterocycles. The van der Waals surface area contributed by atoms with E-state index >= 15 is 0 Å². The molecule has 3 N–H and O–H groups in total. The van der Waals surface area contributed by atoms with Crippen LogP contribution in [0, 0.1) is 6.92 Å². The number of nitrogens with zero attached hydrogens (tertiary/aromatic N) is 5. The third-order valence-corrected chi connectivity index (χ3v) is 6.69. The highest BCUT2D eigenvalue weighted by Crippen LogP contribution is 2.29. The standard InChI is InChI=1S/C30H30N8O2/c1-18-23(7-6-8-24(18)33-28(39)20-9-13-21(14-10-20)30(2,3)4)25-17-38(5)29(40)27(32-25)31-22-15-11-19(12-16-22)26-34-36-37-35-26/h6-17H,1-5H3,(H,31,32)(H,33,39)(H,34,35,36,37). The van der Waals surface area contributed by atoms with Crippen molar-refractivity contribution in [3.8, 4) is 22.6 Å². The van der Waals surface area contributed by atoms with E-state index < -0.39 is 0 Å². The summed E-state index contributed by atoms with van der Waals surface area (Å²) in [5, 5.41) is 20.1. The molecule has 0 aliphatic rings. The largest absolute Gasteiger partial charge is 0.336 e. The zero-order valence-electron chi connectivity index (χ0n) is 23.0. The normalized spacial score (nSPS) is 11.3. The summed E-state index contributed by atoms with van der Waals surface area (Å²) < 4.78 is 1.49. The Bertz CT molecular complexity index is 1720. The predicted octanol–water partition coefficient (Wildman–Crippen LogP) is 5.23. The molecule has 2 aromatic heterocycles. The summed E-state index contributed by atoms with van der Waals surface area (Å²) in [5.41, 5.74) is 5.85. The van der Waals surface area contributed by atoms with E-state index in [0.29, 0.717) is 28.5 Å². The maximum atomic E-state index is 13.0. The summed E-state index contributed by atoms with van der Waals surface area (Å²) in [6.07, 6.45) is 1.69. The molecule has 0 atom stereocenters. The molecule has 3 aromatic carbocycles. The molecule has 0 aliphatic heterocycles. The van der Waals surface area contributed by atoms with Crippen molar-refractivity contribution in [3.63, 3.8) is 0 Å². The van der Waals surface area contributed by atoms with Crippen LogP contribution in [0.1, 0.15) is 42.3 Å². The van der Waals surface area contributed by atoms with Crippen LogP contribution in [0.3, 0.4) is 0 Å². The van der Waals surface area contributed by atoms with Crippen LogP contribution in [0.4, 0.5) is 17.2 Å². The van der Waals surface area contributed by atoms with E-state index in [9.17, 15) is 9.59 Å². The Hall–Kier alpha value is -5.12. The first-order valence-corrected chi connectivity index (χ1v) is 12.8. The van der Waals surface area contributed by atoms with Crippen LogP contribution < -0.4 is 16.2 Å². The minimum absolute atomic E-state index is 0.00905. The molecular weight excluding hydrogens is 504 g/mol. The van der Waals surface area contributed by atoms with Gasteiger partial charge in [0.05, 0.1) is 5.69 Å². The first-order chi connectivity index (χ1) is 19.1. The van der Waals surface area contributed by atoms with Gasteiger partial charge in [-0.25, -0.2) is 4.98 Å². The van der Waals surface area contributed by atoms with Crippen LogP contribution in [0.5, 0.6) is 0 Å². The molecule has 0 radical (unpaired) electrons. The fourth-order valence-electron chi connectivity index (χ4n) is 4.31. The van der Waals surface area contributed by atoms with Gasteiger partial charge in [0.25, 0.3) is 11.5 Å². The fourth-order valence-corrected chi connectivity index (χ4v) is 4.31. The Morgan fingerprint density at radius 2 is 1.70 bits per heavy atom. The van der Waals surface area contributed by atoms with Gasteiger partial charge in [-0.15, -0.1) is 10.2 Å². The zero-order chi connectivity index (χ0) is 28.4. The Morgan fingerprint density at radius 1 is 0.975 bits per heavy atom. The number of aromatic amines is 1. The van der Waals surface area contributed by atoms with Crippen LogP contribution in [-0.4, -0.2) is 36.1 Å². The third kappa shape index (κ3) is 5.51. The molecule has 0 bridgehead atoms. The summed E-state index contributed by atoms with van der Waals surface area (Å²) in [4.78, 5) is 30.6. The van der Waals surface area contributed by atoms with Gasteiger partial charge in [0.1, 0.15) is 0 Å². The molecule has 5 rings (SSSR count). The van der Waals surface area contributed by atoms with Crippen molar-refractivity contribution >= 4 is 23.1 Å². The van der Waals surface area contributed by atoms with Crippen molar-refractivity contribution in [2.24, 2.45) is 7.05 Å². The summed E-state index contributed by atoms with van der Waals surface area (Å²) in [5.74, 6) is 0.466. The highest BCUT2D eigenvalue weighted by atomic mass is 16.1. The van der Waals surface area contributed by atoms with Crippen molar-refractivity contribution in [2.45, 2.75) is 33.1 Å². The molecule has 40 heavy (non-hydrogen) atoms. The number of amides is 1. The van der Waals surface area contributed by atoms with Gasteiger partial charge in [0, 0.05) is 41.3 Å². The molecule has 0 saturated carbocycles. The minimum atomic E-state index is -0.271. The number of carbonyl (C=O) groups excluding carboxylic acids is 1. The van der Waals surface area contributed by atoms with Crippen molar-refractivity contribution in [1.29, 1.82) is 0 Å². The molecule has 10 heteroatoms. The number of H-pyrrole nitrogens is 1. The summed E-state index contributed by atoms with van der Waals surface area (Å²) in [6.45, 7) is 8.34. The van der Waals surface area contributed by atoms with Gasteiger partial charge < -0.3 is 15.2 Å². The molecular formula is C30H30N8O2. The van der Waals surface area contributed by atoms with E-state index in [1.165, 1.54) is 4.57 Å². The lowest BCUT2D eigenvalue weighted by Crippen LogP contribution is -2.21. The van der Waals surface area contributed by atoms with E-state index in [-0.39, 0.29) is 22.7 Å². The fraction of sp³-hybridized carbons (Fsp3) is 0.200.